The Kier molecular flexibility index (Phi) is 7.95. The fourth-order valence-corrected chi connectivity index (χ4v) is 3.85. The number of hydrogen-bond donors (Lipinski definition) is 3. The zero-order valence-electron chi connectivity index (χ0n) is 19.5. The van der Waals surface area contributed by atoms with Crippen LogP contribution in [0.1, 0.15) is 15.9 Å². The lowest BCUT2D eigenvalue weighted by Crippen LogP contribution is -2.40. The molecule has 4 N–H and O–H groups in total. The highest BCUT2D eigenvalue weighted by molar-refractivity contribution is 5.98. The van der Waals surface area contributed by atoms with E-state index in [0.717, 1.165) is 56.3 Å². The van der Waals surface area contributed by atoms with Gasteiger partial charge in [0.25, 0.3) is 5.91 Å². The van der Waals surface area contributed by atoms with E-state index in [9.17, 15) is 4.79 Å². The van der Waals surface area contributed by atoms with Crippen LogP contribution in [-0.4, -0.2) is 62.2 Å². The van der Waals surface area contributed by atoms with Gasteiger partial charge in [-0.15, -0.1) is 0 Å². The third-order valence-corrected chi connectivity index (χ3v) is 5.93. The Morgan fingerprint density at radius 3 is 2.56 bits per heavy atom. The molecule has 1 saturated heterocycles. The zero-order chi connectivity index (χ0) is 23.8. The quantitative estimate of drug-likeness (QED) is 0.427. The number of amides is 1. The highest BCUT2D eigenvalue weighted by atomic mass is 16.5. The number of nitrogens with zero attached hydrogens (tertiary/aromatic N) is 3. The van der Waals surface area contributed by atoms with Gasteiger partial charge in [-0.2, -0.15) is 0 Å². The molecule has 1 amide bonds. The monoisotopic (exact) mass is 460 g/mol. The first-order chi connectivity index (χ1) is 16.6. The molecule has 34 heavy (non-hydrogen) atoms. The molecule has 0 saturated carbocycles. The molecule has 0 radical (unpaired) electrons. The summed E-state index contributed by atoms with van der Waals surface area (Å²) in [6.45, 7) is 6.20. The van der Waals surface area contributed by atoms with Gasteiger partial charge in [-0.3, -0.25) is 9.69 Å². The third-order valence-electron chi connectivity index (χ3n) is 5.93. The van der Waals surface area contributed by atoms with E-state index in [1.807, 2.05) is 48.5 Å². The van der Waals surface area contributed by atoms with Crippen molar-refractivity contribution in [1.29, 1.82) is 0 Å². The van der Waals surface area contributed by atoms with E-state index in [2.05, 4.69) is 44.6 Å². The summed E-state index contributed by atoms with van der Waals surface area (Å²) in [6, 6.07) is 20.0. The van der Waals surface area contributed by atoms with E-state index in [1.165, 1.54) is 6.20 Å². The maximum atomic E-state index is 11.9. The van der Waals surface area contributed by atoms with Gasteiger partial charge in [0.2, 0.25) is 0 Å². The van der Waals surface area contributed by atoms with E-state index in [1.54, 1.807) is 0 Å². The number of nitrogens with one attached hydrogen (secondary N) is 2. The van der Waals surface area contributed by atoms with Gasteiger partial charge in [-0.1, -0.05) is 30.3 Å². The van der Waals surface area contributed by atoms with Crippen molar-refractivity contribution in [3.8, 4) is 0 Å². The van der Waals surface area contributed by atoms with Gasteiger partial charge in [0, 0.05) is 63.4 Å². The lowest BCUT2D eigenvalue weighted by molar-refractivity contribution is 0.0393. The number of anilines is 4. The van der Waals surface area contributed by atoms with E-state index in [0.29, 0.717) is 23.6 Å². The standard InChI is InChI=1S/C26H32N6O2/c1-31(11-12-32-13-15-34-16-14-32)22-9-7-21(8-10-22)30-25-17-24(23(19-29-25)26(27)33)28-18-20-5-3-2-4-6-20/h2-10,17,19H,11-16,18H2,1H3,(H2,27,33)(H2,28,29,30). The minimum Gasteiger partial charge on any atom is -0.380 e. The number of benzene rings is 2. The molecule has 1 fully saturated rings. The summed E-state index contributed by atoms with van der Waals surface area (Å²) >= 11 is 0. The van der Waals surface area contributed by atoms with Crippen molar-refractivity contribution in [3.63, 3.8) is 0 Å². The van der Waals surface area contributed by atoms with Crippen molar-refractivity contribution in [2.75, 3.05) is 62.0 Å². The van der Waals surface area contributed by atoms with Crippen LogP contribution in [0.25, 0.3) is 0 Å². The smallest absolute Gasteiger partial charge is 0.252 e. The second-order valence-corrected chi connectivity index (χ2v) is 8.37. The van der Waals surface area contributed by atoms with Crippen molar-refractivity contribution in [1.82, 2.24) is 9.88 Å². The Morgan fingerprint density at radius 2 is 1.85 bits per heavy atom. The number of morpholine rings is 1. The molecule has 1 aliphatic rings. The highest BCUT2D eigenvalue weighted by Crippen LogP contribution is 2.24. The van der Waals surface area contributed by atoms with Crippen LogP contribution in [-0.2, 0) is 11.3 Å². The molecule has 0 unspecified atom stereocenters. The first kappa shape index (κ1) is 23.5. The van der Waals surface area contributed by atoms with Crippen molar-refractivity contribution < 1.29 is 9.53 Å². The first-order valence-electron chi connectivity index (χ1n) is 11.5. The van der Waals surface area contributed by atoms with Gasteiger partial charge < -0.3 is 26.0 Å². The maximum Gasteiger partial charge on any atom is 0.252 e. The number of rotatable bonds is 10. The van der Waals surface area contributed by atoms with Crippen LogP contribution in [0.4, 0.5) is 22.9 Å². The number of likely N-dealkylation sites (N-methyl/N-ethyl adjacent to an activating group) is 1. The summed E-state index contributed by atoms with van der Waals surface area (Å²) in [5.74, 6) is 0.119. The molecule has 1 aliphatic heterocycles. The predicted octanol–water partition coefficient (Wildman–Crippen LogP) is 3.30. The van der Waals surface area contributed by atoms with Crippen LogP contribution in [0, 0.1) is 0 Å². The Hall–Kier alpha value is -3.62. The Labute approximate surface area is 200 Å². The van der Waals surface area contributed by atoms with Gasteiger partial charge >= 0.3 is 0 Å². The zero-order valence-corrected chi connectivity index (χ0v) is 19.5. The van der Waals surface area contributed by atoms with Crippen molar-refractivity contribution in [2.24, 2.45) is 5.73 Å². The molecule has 0 atom stereocenters. The number of pyridine rings is 1. The SMILES string of the molecule is CN(CCN1CCOCC1)c1ccc(Nc2cc(NCc3ccccc3)c(C(N)=O)cn2)cc1. The predicted molar refractivity (Wildman–Crippen MR) is 137 cm³/mol. The van der Waals surface area contributed by atoms with Crippen LogP contribution in [0.15, 0.2) is 66.9 Å². The van der Waals surface area contributed by atoms with Gasteiger partial charge in [0.1, 0.15) is 5.82 Å². The Bertz CT molecular complexity index is 1070. The third kappa shape index (κ3) is 6.46. The second-order valence-electron chi connectivity index (χ2n) is 8.37. The number of carbonyl (C=O) groups is 1. The van der Waals surface area contributed by atoms with Crippen molar-refractivity contribution in [3.05, 3.63) is 78.0 Å². The van der Waals surface area contributed by atoms with Crippen molar-refractivity contribution >= 4 is 28.8 Å². The topological polar surface area (TPSA) is 95.8 Å². The summed E-state index contributed by atoms with van der Waals surface area (Å²) in [6.07, 6.45) is 1.51. The average molecular weight is 461 g/mol. The molecule has 0 spiro atoms. The largest absolute Gasteiger partial charge is 0.380 e. The van der Waals surface area contributed by atoms with Crippen LogP contribution >= 0.6 is 0 Å². The maximum absolute atomic E-state index is 11.9. The summed E-state index contributed by atoms with van der Waals surface area (Å²) in [4.78, 5) is 20.9. The molecule has 2 heterocycles. The normalized spacial score (nSPS) is 13.9. The number of carbonyl (C=O) groups excluding carboxylic acids is 1. The molecule has 0 aliphatic carbocycles. The van der Waals surface area contributed by atoms with Gasteiger partial charge in [0.15, 0.2) is 0 Å². The van der Waals surface area contributed by atoms with Crippen LogP contribution in [0.5, 0.6) is 0 Å². The number of aromatic nitrogens is 1. The molecular weight excluding hydrogens is 428 g/mol. The molecule has 8 nitrogen and oxygen atoms in total. The fourth-order valence-electron chi connectivity index (χ4n) is 3.85. The highest BCUT2D eigenvalue weighted by Gasteiger charge is 2.12. The van der Waals surface area contributed by atoms with Gasteiger partial charge in [0.05, 0.1) is 24.5 Å². The minimum atomic E-state index is -0.515. The number of ether oxygens (including phenoxy) is 1. The van der Waals surface area contributed by atoms with E-state index in [4.69, 9.17) is 10.5 Å². The summed E-state index contributed by atoms with van der Waals surface area (Å²) < 4.78 is 5.42. The first-order valence-corrected chi connectivity index (χ1v) is 11.5. The molecular formula is C26H32N6O2. The molecule has 3 aromatic rings. The van der Waals surface area contributed by atoms with E-state index in [-0.39, 0.29) is 0 Å². The Morgan fingerprint density at radius 1 is 1.12 bits per heavy atom. The van der Waals surface area contributed by atoms with Gasteiger partial charge in [-0.05, 0) is 29.8 Å². The van der Waals surface area contributed by atoms with Crippen LogP contribution in [0.2, 0.25) is 0 Å². The van der Waals surface area contributed by atoms with Crippen LogP contribution in [0.3, 0.4) is 0 Å². The molecule has 8 heteroatoms. The number of hydrogen-bond acceptors (Lipinski definition) is 7. The molecule has 4 rings (SSSR count). The molecule has 2 aromatic carbocycles. The second kappa shape index (κ2) is 11.5. The Balaban J connectivity index is 1.38. The summed E-state index contributed by atoms with van der Waals surface area (Å²) in [7, 11) is 2.11. The van der Waals surface area contributed by atoms with E-state index >= 15 is 0 Å². The minimum absolute atomic E-state index is 0.360. The number of nitrogens with two attached hydrogens (primary N) is 1. The number of primary amides is 1. The van der Waals surface area contributed by atoms with Crippen LogP contribution < -0.4 is 21.3 Å². The molecule has 178 valence electrons. The molecule has 1 aromatic heterocycles. The average Bonchev–Trinajstić information content (AvgIpc) is 2.87. The summed E-state index contributed by atoms with van der Waals surface area (Å²) in [5, 5.41) is 6.62. The van der Waals surface area contributed by atoms with E-state index < -0.39 is 5.91 Å². The van der Waals surface area contributed by atoms with Crippen molar-refractivity contribution in [2.45, 2.75) is 6.54 Å². The van der Waals surface area contributed by atoms with Gasteiger partial charge in [-0.25, -0.2) is 4.98 Å². The fraction of sp³-hybridized carbons (Fsp3) is 0.308. The summed E-state index contributed by atoms with van der Waals surface area (Å²) in [5.41, 5.74) is 9.73. The lowest BCUT2D eigenvalue weighted by atomic mass is 10.2. The molecule has 0 bridgehead atoms. The lowest BCUT2D eigenvalue weighted by Gasteiger charge is -2.29.